The number of aryl methyl sites for hydroxylation is 1. The number of hydrogen-bond donors (Lipinski definition) is 2. The van der Waals surface area contributed by atoms with Gasteiger partial charge in [-0.1, -0.05) is 157 Å². The SMILES string of the molecule is C(=C/c1ccccc1)/c1ccccc1.CCCCCCCCc1ccc(C(=O)O)c(C(=O)O)c1CCCCCCCC. The molecule has 42 heavy (non-hydrogen) atoms. The van der Waals surface area contributed by atoms with Gasteiger partial charge in [-0.05, 0) is 54.0 Å². The van der Waals surface area contributed by atoms with Gasteiger partial charge in [0.05, 0.1) is 11.1 Å². The molecule has 0 saturated carbocycles. The molecule has 0 heterocycles. The summed E-state index contributed by atoms with van der Waals surface area (Å²) in [5, 5.41) is 19.1. The summed E-state index contributed by atoms with van der Waals surface area (Å²) in [6, 6.07) is 23.9. The van der Waals surface area contributed by atoms with Crippen molar-refractivity contribution in [1.82, 2.24) is 0 Å². The van der Waals surface area contributed by atoms with Crippen molar-refractivity contribution >= 4 is 24.1 Å². The number of carboxylic acid groups (broad SMARTS) is 2. The average Bonchev–Trinajstić information content (AvgIpc) is 3.01. The number of unbranched alkanes of at least 4 members (excludes halogenated alkanes) is 10. The Morgan fingerprint density at radius 2 is 1.00 bits per heavy atom. The van der Waals surface area contributed by atoms with E-state index in [2.05, 4.69) is 50.3 Å². The summed E-state index contributed by atoms with van der Waals surface area (Å²) >= 11 is 0. The summed E-state index contributed by atoms with van der Waals surface area (Å²) < 4.78 is 0. The maximum Gasteiger partial charge on any atom is 0.336 e. The Bertz CT molecular complexity index is 1160. The van der Waals surface area contributed by atoms with E-state index in [4.69, 9.17) is 0 Å². The topological polar surface area (TPSA) is 74.6 Å². The standard InChI is InChI=1S/C24H38O4.C14H12/c1-3-5-7-9-11-13-15-19-17-18-21(23(25)26)22(24(27)28)20(19)16-14-12-10-8-6-4-2;1-3-7-13(8-4-1)11-12-14-9-5-2-6-10-14/h17-18H,3-16H2,1-2H3,(H,25,26)(H,27,28);1-12H/b;12-11-. The summed E-state index contributed by atoms with van der Waals surface area (Å²) in [5.74, 6) is -2.28. The Labute approximate surface area is 253 Å². The molecule has 4 heteroatoms. The molecule has 4 nitrogen and oxygen atoms in total. The fourth-order valence-electron chi connectivity index (χ4n) is 5.13. The number of aromatic carboxylic acids is 2. The molecule has 0 radical (unpaired) electrons. The lowest BCUT2D eigenvalue weighted by Crippen LogP contribution is -2.14. The summed E-state index contributed by atoms with van der Waals surface area (Å²) in [4.78, 5) is 23.4. The number of benzene rings is 3. The highest BCUT2D eigenvalue weighted by atomic mass is 16.4. The van der Waals surface area contributed by atoms with Crippen LogP contribution in [0.3, 0.4) is 0 Å². The van der Waals surface area contributed by atoms with E-state index in [0.717, 1.165) is 49.7 Å². The Hall–Kier alpha value is -3.66. The Morgan fingerprint density at radius 3 is 1.45 bits per heavy atom. The van der Waals surface area contributed by atoms with E-state index >= 15 is 0 Å². The minimum Gasteiger partial charge on any atom is -0.478 e. The van der Waals surface area contributed by atoms with Crippen molar-refractivity contribution in [2.24, 2.45) is 0 Å². The van der Waals surface area contributed by atoms with Crippen molar-refractivity contribution in [2.45, 2.75) is 104 Å². The van der Waals surface area contributed by atoms with Crippen LogP contribution in [0.15, 0.2) is 72.8 Å². The Kier molecular flexibility index (Phi) is 17.4. The van der Waals surface area contributed by atoms with Crippen LogP contribution in [0.2, 0.25) is 0 Å². The first kappa shape index (κ1) is 34.5. The van der Waals surface area contributed by atoms with Gasteiger partial charge in [0.15, 0.2) is 0 Å². The van der Waals surface area contributed by atoms with E-state index in [-0.39, 0.29) is 11.1 Å². The zero-order chi connectivity index (χ0) is 30.4. The second-order valence-corrected chi connectivity index (χ2v) is 10.9. The van der Waals surface area contributed by atoms with E-state index in [0.29, 0.717) is 6.42 Å². The summed E-state index contributed by atoms with van der Waals surface area (Å²) in [6.45, 7) is 4.39. The molecule has 0 aliphatic carbocycles. The van der Waals surface area contributed by atoms with E-state index in [9.17, 15) is 19.8 Å². The molecule has 2 N–H and O–H groups in total. The molecule has 3 rings (SSSR count). The zero-order valence-electron chi connectivity index (χ0n) is 25.7. The fraction of sp³-hybridized carbons (Fsp3) is 0.421. The largest absolute Gasteiger partial charge is 0.478 e. The fourth-order valence-corrected chi connectivity index (χ4v) is 5.13. The first-order chi connectivity index (χ1) is 20.5. The van der Waals surface area contributed by atoms with E-state index in [1.54, 1.807) is 0 Å². The Morgan fingerprint density at radius 1 is 0.548 bits per heavy atom. The van der Waals surface area contributed by atoms with Crippen molar-refractivity contribution in [3.63, 3.8) is 0 Å². The van der Waals surface area contributed by atoms with Crippen LogP contribution in [0.5, 0.6) is 0 Å². The van der Waals surface area contributed by atoms with Gasteiger partial charge in [0, 0.05) is 0 Å². The zero-order valence-corrected chi connectivity index (χ0v) is 25.7. The van der Waals surface area contributed by atoms with Gasteiger partial charge in [-0.15, -0.1) is 0 Å². The third kappa shape index (κ3) is 13.3. The highest BCUT2D eigenvalue weighted by Gasteiger charge is 2.22. The third-order valence-corrected chi connectivity index (χ3v) is 7.50. The molecule has 0 atom stereocenters. The van der Waals surface area contributed by atoms with Crippen LogP contribution in [0.25, 0.3) is 12.2 Å². The van der Waals surface area contributed by atoms with Crippen LogP contribution in [0.1, 0.15) is 134 Å². The van der Waals surface area contributed by atoms with Crippen LogP contribution >= 0.6 is 0 Å². The lowest BCUT2D eigenvalue weighted by atomic mass is 9.89. The molecule has 0 unspecified atom stereocenters. The van der Waals surface area contributed by atoms with Crippen LogP contribution in [0, 0.1) is 0 Å². The van der Waals surface area contributed by atoms with Crippen molar-refractivity contribution in [1.29, 1.82) is 0 Å². The van der Waals surface area contributed by atoms with Crippen molar-refractivity contribution in [2.75, 3.05) is 0 Å². The number of rotatable bonds is 18. The highest BCUT2D eigenvalue weighted by molar-refractivity contribution is 6.03. The first-order valence-corrected chi connectivity index (χ1v) is 15.9. The normalized spacial score (nSPS) is 10.8. The molecule has 0 spiro atoms. The first-order valence-electron chi connectivity index (χ1n) is 15.9. The Balaban J connectivity index is 0.000000363. The second kappa shape index (κ2) is 21.1. The molecule has 3 aromatic rings. The monoisotopic (exact) mass is 570 g/mol. The molecule has 0 amide bonds. The predicted octanol–water partition coefficient (Wildman–Crippen LogP) is 10.7. The summed E-state index contributed by atoms with van der Waals surface area (Å²) in [7, 11) is 0. The van der Waals surface area contributed by atoms with Gasteiger partial charge in [0.25, 0.3) is 0 Å². The number of carbonyl (C=O) groups is 2. The average molecular weight is 571 g/mol. The van der Waals surface area contributed by atoms with Gasteiger partial charge in [-0.25, -0.2) is 9.59 Å². The molecule has 0 aromatic heterocycles. The van der Waals surface area contributed by atoms with Gasteiger partial charge in [0.2, 0.25) is 0 Å². The lowest BCUT2D eigenvalue weighted by molar-refractivity contribution is 0.0650. The van der Waals surface area contributed by atoms with Gasteiger partial charge < -0.3 is 10.2 Å². The minimum absolute atomic E-state index is 0.00420. The molecule has 0 saturated heterocycles. The maximum absolute atomic E-state index is 11.9. The summed E-state index contributed by atoms with van der Waals surface area (Å²) in [6.07, 6.45) is 19.6. The highest BCUT2D eigenvalue weighted by Crippen LogP contribution is 2.25. The molecule has 0 aliphatic heterocycles. The molecular weight excluding hydrogens is 520 g/mol. The van der Waals surface area contributed by atoms with Crippen molar-refractivity contribution in [3.05, 3.63) is 106 Å². The molecule has 0 fully saturated rings. The summed E-state index contributed by atoms with van der Waals surface area (Å²) in [5.41, 5.74) is 4.15. The maximum atomic E-state index is 11.9. The number of hydrogen-bond acceptors (Lipinski definition) is 2. The van der Waals surface area contributed by atoms with E-state index in [1.807, 2.05) is 42.5 Å². The molecular formula is C38H50O4. The smallest absolute Gasteiger partial charge is 0.336 e. The third-order valence-electron chi connectivity index (χ3n) is 7.50. The molecule has 226 valence electrons. The lowest BCUT2D eigenvalue weighted by Gasteiger charge is -2.15. The van der Waals surface area contributed by atoms with Gasteiger partial charge in [-0.3, -0.25) is 0 Å². The second-order valence-electron chi connectivity index (χ2n) is 10.9. The molecule has 0 aliphatic rings. The van der Waals surface area contributed by atoms with E-state index in [1.165, 1.54) is 62.1 Å². The molecule has 0 bridgehead atoms. The predicted molar refractivity (Wildman–Crippen MR) is 176 cm³/mol. The van der Waals surface area contributed by atoms with E-state index < -0.39 is 11.9 Å². The van der Waals surface area contributed by atoms with Crippen molar-refractivity contribution < 1.29 is 19.8 Å². The quantitative estimate of drug-likeness (QED) is 0.118. The molecule has 3 aromatic carbocycles. The van der Waals surface area contributed by atoms with Crippen LogP contribution < -0.4 is 0 Å². The van der Waals surface area contributed by atoms with Crippen LogP contribution in [-0.2, 0) is 12.8 Å². The van der Waals surface area contributed by atoms with Crippen LogP contribution in [-0.4, -0.2) is 22.2 Å². The number of carboxylic acids is 2. The van der Waals surface area contributed by atoms with Gasteiger partial charge >= 0.3 is 11.9 Å². The van der Waals surface area contributed by atoms with Gasteiger partial charge in [-0.2, -0.15) is 0 Å². The van der Waals surface area contributed by atoms with Gasteiger partial charge in [0.1, 0.15) is 0 Å². The van der Waals surface area contributed by atoms with Crippen molar-refractivity contribution in [3.8, 4) is 0 Å². The minimum atomic E-state index is -1.16. The van der Waals surface area contributed by atoms with Crippen LogP contribution in [0.4, 0.5) is 0 Å².